The Morgan fingerprint density at radius 2 is 1.63 bits per heavy atom. The summed E-state index contributed by atoms with van der Waals surface area (Å²) in [7, 11) is 0. The predicted octanol–water partition coefficient (Wildman–Crippen LogP) is 5.75. The van der Waals surface area contributed by atoms with Gasteiger partial charge in [-0.25, -0.2) is 0 Å². The number of carboxylic acid groups (broad SMARTS) is 1. The fourth-order valence-electron chi connectivity index (χ4n) is 11.5. The van der Waals surface area contributed by atoms with Gasteiger partial charge in [0, 0.05) is 12.3 Å². The van der Waals surface area contributed by atoms with E-state index in [1.54, 1.807) is 0 Å². The topological polar surface area (TPSA) is 104 Å². The van der Waals surface area contributed by atoms with Crippen LogP contribution in [0.2, 0.25) is 0 Å². The molecule has 6 heteroatoms. The van der Waals surface area contributed by atoms with Gasteiger partial charge in [0.25, 0.3) is 0 Å². The van der Waals surface area contributed by atoms with Crippen molar-refractivity contribution < 1.29 is 29.6 Å². The number of allylic oxidation sites excluding steroid dienone is 2. The summed E-state index contributed by atoms with van der Waals surface area (Å²) in [6, 6.07) is 0. The van der Waals surface area contributed by atoms with E-state index in [0.29, 0.717) is 25.7 Å². The normalized spacial score (nSPS) is 51.4. The number of aliphatic carboxylic acids is 1. The Morgan fingerprint density at radius 3 is 2.24 bits per heavy atom. The van der Waals surface area contributed by atoms with Gasteiger partial charge < -0.3 is 20.1 Å². The summed E-state index contributed by atoms with van der Waals surface area (Å²) in [5.41, 5.74) is -0.684. The second-order valence-electron chi connectivity index (χ2n) is 15.7. The first-order chi connectivity index (χ1) is 17.5. The molecule has 0 amide bonds. The molecule has 214 valence electrons. The van der Waals surface area contributed by atoms with E-state index in [9.17, 15) is 24.9 Å². The van der Waals surface area contributed by atoms with Gasteiger partial charge in [0.15, 0.2) is 0 Å². The van der Waals surface area contributed by atoms with Crippen molar-refractivity contribution in [3.8, 4) is 0 Å². The Hall–Kier alpha value is -1.40. The van der Waals surface area contributed by atoms with E-state index in [0.717, 1.165) is 32.1 Å². The number of hydrogen-bond acceptors (Lipinski definition) is 5. The first-order valence-corrected chi connectivity index (χ1v) is 14.9. The summed E-state index contributed by atoms with van der Waals surface area (Å²) in [4.78, 5) is 24.8. The minimum atomic E-state index is -0.755. The van der Waals surface area contributed by atoms with Crippen LogP contribution < -0.4 is 0 Å². The largest absolute Gasteiger partial charge is 0.481 e. The van der Waals surface area contributed by atoms with Gasteiger partial charge in [-0.15, -0.1) is 0 Å². The summed E-state index contributed by atoms with van der Waals surface area (Å²) in [6.07, 6.45) is 8.34. The summed E-state index contributed by atoms with van der Waals surface area (Å²) < 4.78 is 5.77. The smallest absolute Gasteiger partial charge is 0.310 e. The van der Waals surface area contributed by atoms with Gasteiger partial charge in [0.05, 0.1) is 18.1 Å². The Labute approximate surface area is 228 Å². The van der Waals surface area contributed by atoms with Crippen LogP contribution in [0.3, 0.4) is 0 Å². The lowest BCUT2D eigenvalue weighted by Gasteiger charge is -2.71. The van der Waals surface area contributed by atoms with E-state index >= 15 is 0 Å². The third-order valence-electron chi connectivity index (χ3n) is 13.1. The van der Waals surface area contributed by atoms with Gasteiger partial charge in [-0.2, -0.15) is 0 Å². The van der Waals surface area contributed by atoms with Crippen molar-refractivity contribution in [1.82, 2.24) is 0 Å². The van der Waals surface area contributed by atoms with Gasteiger partial charge in [0.1, 0.15) is 6.10 Å². The minimum Gasteiger partial charge on any atom is -0.481 e. The number of ether oxygens (including phenoxy) is 1. The number of esters is 1. The molecule has 5 aliphatic carbocycles. The lowest BCUT2D eigenvalue weighted by Crippen LogP contribution is -2.68. The van der Waals surface area contributed by atoms with Crippen LogP contribution in [0.1, 0.15) is 106 Å². The van der Waals surface area contributed by atoms with Gasteiger partial charge in [0.2, 0.25) is 0 Å². The Bertz CT molecular complexity index is 1050. The van der Waals surface area contributed by atoms with Gasteiger partial charge in [-0.1, -0.05) is 53.2 Å². The fraction of sp³-hybridized carbons (Fsp3) is 0.875. The van der Waals surface area contributed by atoms with Crippen LogP contribution in [-0.4, -0.2) is 46.1 Å². The fourth-order valence-corrected chi connectivity index (χ4v) is 11.5. The number of fused-ring (bicyclic) bond motifs is 7. The van der Waals surface area contributed by atoms with Crippen LogP contribution in [0.25, 0.3) is 0 Å². The van der Waals surface area contributed by atoms with Crippen LogP contribution in [0.4, 0.5) is 0 Å². The van der Waals surface area contributed by atoms with Crippen molar-refractivity contribution in [2.75, 3.05) is 6.61 Å². The predicted molar refractivity (Wildman–Crippen MR) is 145 cm³/mol. The lowest BCUT2D eigenvalue weighted by molar-refractivity contribution is -0.232. The zero-order valence-electron chi connectivity index (χ0n) is 24.6. The molecule has 10 atom stereocenters. The molecule has 38 heavy (non-hydrogen) atoms. The van der Waals surface area contributed by atoms with Crippen molar-refractivity contribution in [3.63, 3.8) is 0 Å². The number of carboxylic acids is 1. The summed E-state index contributed by atoms with van der Waals surface area (Å²) >= 11 is 0. The number of aliphatic hydroxyl groups is 2. The SMILES string of the molecule is CC(=O)OC1CCC2(C)C3C(O)CC4(C)C(=CCC5(C(=O)O)CCC(C)(C)CC45)C3(C)CCC2C1(C)CO. The first kappa shape index (κ1) is 28.1. The molecule has 0 aliphatic heterocycles. The molecular weight excluding hydrogens is 480 g/mol. The molecule has 0 heterocycles. The van der Waals surface area contributed by atoms with E-state index in [4.69, 9.17) is 4.74 Å². The van der Waals surface area contributed by atoms with Crippen LogP contribution in [-0.2, 0) is 14.3 Å². The molecule has 0 aromatic rings. The molecule has 0 radical (unpaired) electrons. The Morgan fingerprint density at radius 1 is 0.947 bits per heavy atom. The maximum atomic E-state index is 12.9. The minimum absolute atomic E-state index is 0.00313. The second-order valence-corrected chi connectivity index (χ2v) is 15.7. The van der Waals surface area contributed by atoms with Gasteiger partial charge >= 0.3 is 11.9 Å². The third kappa shape index (κ3) is 3.57. The summed E-state index contributed by atoms with van der Waals surface area (Å²) in [6.45, 7) is 14.9. The van der Waals surface area contributed by atoms with Crippen LogP contribution in [0, 0.1) is 50.2 Å². The van der Waals surface area contributed by atoms with Crippen LogP contribution in [0.15, 0.2) is 11.6 Å². The molecule has 10 unspecified atom stereocenters. The number of aliphatic hydroxyl groups excluding tert-OH is 2. The Kier molecular flexibility index (Phi) is 6.33. The molecule has 0 bridgehead atoms. The van der Waals surface area contributed by atoms with Crippen molar-refractivity contribution >= 4 is 11.9 Å². The highest BCUT2D eigenvalue weighted by Gasteiger charge is 2.71. The van der Waals surface area contributed by atoms with Gasteiger partial charge in [-0.3, -0.25) is 9.59 Å². The third-order valence-corrected chi connectivity index (χ3v) is 13.1. The number of rotatable bonds is 3. The second kappa shape index (κ2) is 8.55. The average Bonchev–Trinajstić information content (AvgIpc) is 2.80. The van der Waals surface area contributed by atoms with E-state index in [1.165, 1.54) is 12.5 Å². The summed E-state index contributed by atoms with van der Waals surface area (Å²) in [5, 5.41) is 33.4. The highest BCUT2D eigenvalue weighted by Crippen LogP contribution is 2.75. The molecule has 0 aromatic heterocycles. The lowest BCUT2D eigenvalue weighted by atomic mass is 9.34. The molecule has 4 saturated carbocycles. The van der Waals surface area contributed by atoms with Crippen molar-refractivity contribution in [3.05, 3.63) is 11.6 Å². The highest BCUT2D eigenvalue weighted by atomic mass is 16.5. The Balaban J connectivity index is 1.59. The van der Waals surface area contributed by atoms with E-state index in [2.05, 4.69) is 47.6 Å². The quantitative estimate of drug-likeness (QED) is 0.317. The summed E-state index contributed by atoms with van der Waals surface area (Å²) in [5.74, 6) is -0.861. The molecule has 0 saturated heterocycles. The van der Waals surface area contributed by atoms with E-state index in [-0.39, 0.29) is 58.1 Å². The van der Waals surface area contributed by atoms with Crippen molar-refractivity contribution in [2.45, 2.75) is 118 Å². The molecule has 0 spiro atoms. The van der Waals surface area contributed by atoms with Crippen molar-refractivity contribution in [2.24, 2.45) is 50.2 Å². The number of hydrogen-bond donors (Lipinski definition) is 3. The molecule has 6 nitrogen and oxygen atoms in total. The van der Waals surface area contributed by atoms with Crippen molar-refractivity contribution in [1.29, 1.82) is 0 Å². The molecule has 5 rings (SSSR count). The zero-order chi connectivity index (χ0) is 28.1. The van der Waals surface area contributed by atoms with E-state index in [1.807, 2.05) is 0 Å². The highest BCUT2D eigenvalue weighted by molar-refractivity contribution is 5.76. The molecule has 5 aliphatic rings. The molecule has 0 aromatic carbocycles. The standard InChI is InChI=1S/C32H50O6/c1-19(34)38-24-10-12-29(5)22(31(24,7)18-33)8-11-28(4)21-9-13-32(26(36)37)15-14-27(2,3)17-23(32)30(21,6)16-20(35)25(28)29/h9,20,22-25,33,35H,8,10-18H2,1-7H3,(H,36,37). The first-order valence-electron chi connectivity index (χ1n) is 14.9. The maximum Gasteiger partial charge on any atom is 0.310 e. The zero-order valence-corrected chi connectivity index (χ0v) is 24.6. The maximum absolute atomic E-state index is 12.9. The molecular formula is C32H50O6. The average molecular weight is 531 g/mol. The van der Waals surface area contributed by atoms with Crippen LogP contribution in [0.5, 0.6) is 0 Å². The number of carbonyl (C=O) groups excluding carboxylic acids is 1. The van der Waals surface area contributed by atoms with Crippen LogP contribution >= 0.6 is 0 Å². The number of carbonyl (C=O) groups is 2. The molecule has 4 fully saturated rings. The van der Waals surface area contributed by atoms with Gasteiger partial charge in [-0.05, 0) is 97.2 Å². The van der Waals surface area contributed by atoms with E-state index < -0.39 is 22.9 Å². The monoisotopic (exact) mass is 530 g/mol. The molecule has 3 N–H and O–H groups in total.